The number of fused-ring (bicyclic) bond motifs is 1. The minimum atomic E-state index is -4.57. The summed E-state index contributed by atoms with van der Waals surface area (Å²) in [7, 11) is -4.57. The largest absolute Gasteiger partial charge is 0.360 e. The van der Waals surface area contributed by atoms with Crippen molar-refractivity contribution >= 4 is 21.0 Å². The zero-order valence-corrected chi connectivity index (χ0v) is 7.73. The van der Waals surface area contributed by atoms with Crippen LogP contribution in [0.25, 0.3) is 10.9 Å². The monoisotopic (exact) mass is 209 g/mol. The second-order valence-corrected chi connectivity index (χ2v) is 3.94. The maximum atomic E-state index is 10.6. The first kappa shape index (κ1) is 9.04. The number of rotatable bonds is 1. The SMILES string of the molecule is [O]S(=O)(=O)c1ncc2ccccc2n1. The van der Waals surface area contributed by atoms with Crippen LogP contribution in [0.1, 0.15) is 0 Å². The summed E-state index contributed by atoms with van der Waals surface area (Å²) >= 11 is 0. The number of hydrogen-bond acceptors (Lipinski definition) is 4. The van der Waals surface area contributed by atoms with Crippen molar-refractivity contribution in [2.75, 3.05) is 0 Å². The Hall–Kier alpha value is -1.53. The molecule has 0 spiro atoms. The summed E-state index contributed by atoms with van der Waals surface area (Å²) in [6.45, 7) is 0. The van der Waals surface area contributed by atoms with Crippen LogP contribution in [0.15, 0.2) is 35.6 Å². The average molecular weight is 209 g/mol. The second-order valence-electron chi connectivity index (χ2n) is 2.67. The lowest BCUT2D eigenvalue weighted by molar-refractivity contribution is 0.408. The highest BCUT2D eigenvalue weighted by atomic mass is 32.2. The lowest BCUT2D eigenvalue weighted by Gasteiger charge is -1.96. The van der Waals surface area contributed by atoms with Crippen LogP contribution in [0, 0.1) is 0 Å². The van der Waals surface area contributed by atoms with E-state index in [0.717, 1.165) is 0 Å². The van der Waals surface area contributed by atoms with Crippen molar-refractivity contribution in [2.45, 2.75) is 5.16 Å². The van der Waals surface area contributed by atoms with Crippen molar-refractivity contribution in [3.8, 4) is 0 Å². The lowest BCUT2D eigenvalue weighted by Crippen LogP contribution is -2.02. The molecule has 0 unspecified atom stereocenters. The van der Waals surface area contributed by atoms with Crippen molar-refractivity contribution in [1.29, 1.82) is 0 Å². The molecule has 71 valence electrons. The smallest absolute Gasteiger partial charge is 0.224 e. The Morgan fingerprint density at radius 3 is 2.57 bits per heavy atom. The van der Waals surface area contributed by atoms with Gasteiger partial charge in [-0.15, -0.1) is 0 Å². The van der Waals surface area contributed by atoms with Crippen LogP contribution in [0.3, 0.4) is 0 Å². The van der Waals surface area contributed by atoms with E-state index in [1.807, 2.05) is 0 Å². The molecule has 1 heterocycles. The van der Waals surface area contributed by atoms with Gasteiger partial charge in [0, 0.05) is 11.6 Å². The Morgan fingerprint density at radius 1 is 1.14 bits per heavy atom. The first-order chi connectivity index (χ1) is 6.57. The molecule has 1 aromatic heterocycles. The molecule has 6 heteroatoms. The van der Waals surface area contributed by atoms with Gasteiger partial charge < -0.3 is 0 Å². The molecular formula is C8H5N2O3S. The van der Waals surface area contributed by atoms with Crippen LogP contribution in [0.5, 0.6) is 0 Å². The van der Waals surface area contributed by atoms with Gasteiger partial charge in [0.25, 0.3) is 5.16 Å². The molecule has 0 atom stereocenters. The maximum Gasteiger partial charge on any atom is 0.360 e. The number of nitrogens with zero attached hydrogens (tertiary/aromatic N) is 2. The maximum absolute atomic E-state index is 10.6. The summed E-state index contributed by atoms with van der Waals surface area (Å²) < 4.78 is 31.8. The van der Waals surface area contributed by atoms with E-state index >= 15 is 0 Å². The van der Waals surface area contributed by atoms with E-state index in [0.29, 0.717) is 10.9 Å². The normalized spacial score (nSPS) is 11.8. The molecule has 0 aliphatic rings. The van der Waals surface area contributed by atoms with Gasteiger partial charge >= 0.3 is 10.1 Å². The van der Waals surface area contributed by atoms with E-state index in [9.17, 15) is 13.0 Å². The van der Waals surface area contributed by atoms with Gasteiger partial charge in [-0.05, 0) is 6.07 Å². The molecule has 0 amide bonds. The number of benzene rings is 1. The fourth-order valence-corrected chi connectivity index (χ4v) is 1.47. The number of aromatic nitrogens is 2. The molecule has 5 nitrogen and oxygen atoms in total. The number of hydrogen-bond donors (Lipinski definition) is 0. The van der Waals surface area contributed by atoms with Crippen LogP contribution < -0.4 is 0 Å². The van der Waals surface area contributed by atoms with Crippen molar-refractivity contribution < 1.29 is 13.0 Å². The van der Waals surface area contributed by atoms with Crippen molar-refractivity contribution in [2.24, 2.45) is 0 Å². The molecule has 0 aliphatic heterocycles. The summed E-state index contributed by atoms with van der Waals surface area (Å²) in [5, 5.41) is 0.0103. The Labute approximate surface area is 80.2 Å². The predicted octanol–water partition coefficient (Wildman–Crippen LogP) is 0.749. The topological polar surface area (TPSA) is 79.8 Å². The lowest BCUT2D eigenvalue weighted by atomic mass is 10.2. The van der Waals surface area contributed by atoms with Crippen LogP contribution in [0.4, 0.5) is 0 Å². The molecule has 0 N–H and O–H groups in total. The van der Waals surface area contributed by atoms with Crippen molar-refractivity contribution in [1.82, 2.24) is 9.97 Å². The third-order valence-corrected chi connectivity index (χ3v) is 2.33. The molecule has 0 aliphatic carbocycles. The third kappa shape index (κ3) is 1.57. The summed E-state index contributed by atoms with van der Waals surface area (Å²) in [6, 6.07) is 6.83. The zero-order valence-electron chi connectivity index (χ0n) is 6.91. The van der Waals surface area contributed by atoms with Crippen LogP contribution in [0.2, 0.25) is 0 Å². The molecule has 1 radical (unpaired) electrons. The summed E-state index contributed by atoms with van der Waals surface area (Å²) in [6.07, 6.45) is 1.31. The minimum Gasteiger partial charge on any atom is -0.224 e. The fraction of sp³-hybridized carbons (Fsp3) is 0. The average Bonchev–Trinajstić information content (AvgIpc) is 2.16. The van der Waals surface area contributed by atoms with E-state index in [1.165, 1.54) is 6.20 Å². The van der Waals surface area contributed by atoms with Crippen molar-refractivity contribution in [3.63, 3.8) is 0 Å². The highest BCUT2D eigenvalue weighted by Gasteiger charge is 2.15. The summed E-state index contributed by atoms with van der Waals surface area (Å²) in [5.41, 5.74) is 0.442. The Morgan fingerprint density at radius 2 is 1.86 bits per heavy atom. The van der Waals surface area contributed by atoms with Gasteiger partial charge in [-0.25, -0.2) is 9.97 Å². The van der Waals surface area contributed by atoms with Crippen LogP contribution in [-0.2, 0) is 14.7 Å². The van der Waals surface area contributed by atoms with Gasteiger partial charge in [0.1, 0.15) is 0 Å². The molecule has 2 aromatic rings. The molecule has 2 rings (SSSR count). The molecule has 0 saturated heterocycles. The van der Waals surface area contributed by atoms with Crippen LogP contribution in [-0.4, -0.2) is 18.4 Å². The van der Waals surface area contributed by atoms with Gasteiger partial charge in [-0.3, -0.25) is 0 Å². The highest BCUT2D eigenvalue weighted by Crippen LogP contribution is 2.11. The van der Waals surface area contributed by atoms with E-state index < -0.39 is 15.3 Å². The third-order valence-electron chi connectivity index (χ3n) is 1.69. The van der Waals surface area contributed by atoms with Crippen molar-refractivity contribution in [3.05, 3.63) is 30.5 Å². The second kappa shape index (κ2) is 3.00. The summed E-state index contributed by atoms with van der Waals surface area (Å²) in [5.74, 6) is 0. The zero-order chi connectivity index (χ0) is 10.2. The Balaban J connectivity index is 2.75. The van der Waals surface area contributed by atoms with Gasteiger partial charge in [0.05, 0.1) is 5.52 Å². The quantitative estimate of drug-likeness (QED) is 0.649. The first-order valence-corrected chi connectivity index (χ1v) is 5.16. The Kier molecular flexibility index (Phi) is 1.94. The fourth-order valence-electron chi connectivity index (χ4n) is 1.08. The van der Waals surface area contributed by atoms with E-state index in [-0.39, 0.29) is 0 Å². The van der Waals surface area contributed by atoms with E-state index in [1.54, 1.807) is 24.3 Å². The highest BCUT2D eigenvalue weighted by molar-refractivity contribution is 7.85. The van der Waals surface area contributed by atoms with Gasteiger partial charge in [0.2, 0.25) is 0 Å². The van der Waals surface area contributed by atoms with E-state index in [2.05, 4.69) is 9.97 Å². The molecule has 0 bridgehead atoms. The molecule has 1 aromatic carbocycles. The Bertz CT molecular complexity index is 580. The van der Waals surface area contributed by atoms with Gasteiger partial charge in [-0.2, -0.15) is 8.42 Å². The van der Waals surface area contributed by atoms with Crippen LogP contribution >= 0.6 is 0 Å². The molecule has 0 saturated carbocycles. The predicted molar refractivity (Wildman–Crippen MR) is 47.4 cm³/mol. The first-order valence-electron chi connectivity index (χ1n) is 3.75. The number of para-hydroxylation sites is 1. The summed E-state index contributed by atoms with van der Waals surface area (Å²) in [4.78, 5) is 7.10. The van der Waals surface area contributed by atoms with E-state index in [4.69, 9.17) is 0 Å². The van der Waals surface area contributed by atoms with Gasteiger partial charge in [-0.1, -0.05) is 22.8 Å². The molecular weight excluding hydrogens is 204 g/mol. The minimum absolute atomic E-state index is 0.442. The van der Waals surface area contributed by atoms with Gasteiger partial charge in [0.15, 0.2) is 0 Å². The standard InChI is InChI=1S/C8H5N2O3S/c11-14(12,13)8-9-5-6-3-1-2-4-7(6)10-8/h1-5H. The molecule has 0 fully saturated rings. The molecule has 14 heavy (non-hydrogen) atoms.